The van der Waals surface area contributed by atoms with Gasteiger partial charge < -0.3 is 9.47 Å². The Balaban J connectivity index is 1.52. The van der Waals surface area contributed by atoms with Crippen LogP contribution in [0.3, 0.4) is 0 Å². The van der Waals surface area contributed by atoms with Gasteiger partial charge >= 0.3 is 5.97 Å². The smallest absolute Gasteiger partial charge is 0.325 e. The predicted molar refractivity (Wildman–Crippen MR) is 112 cm³/mol. The first-order chi connectivity index (χ1) is 14.9. The summed E-state index contributed by atoms with van der Waals surface area (Å²) >= 11 is 0. The number of methoxy groups -OCH3 is 2. The van der Waals surface area contributed by atoms with Gasteiger partial charge in [-0.15, -0.1) is 5.10 Å². The Bertz CT molecular complexity index is 1020. The first-order valence-electron chi connectivity index (χ1n) is 10.2. The van der Waals surface area contributed by atoms with Crippen LogP contribution in [0.25, 0.3) is 0 Å². The molecule has 4 rings (SSSR count). The maximum Gasteiger partial charge on any atom is 0.325 e. The second kappa shape index (κ2) is 8.93. The highest BCUT2D eigenvalue weighted by Crippen LogP contribution is 2.30. The van der Waals surface area contributed by atoms with Crippen LogP contribution in [-0.2, 0) is 32.6 Å². The van der Waals surface area contributed by atoms with E-state index in [1.54, 1.807) is 18.0 Å². The van der Waals surface area contributed by atoms with Gasteiger partial charge in [-0.2, -0.15) is 4.31 Å². The van der Waals surface area contributed by atoms with Crippen LogP contribution in [0.1, 0.15) is 24.1 Å². The van der Waals surface area contributed by atoms with Crippen LogP contribution < -0.4 is 4.74 Å². The summed E-state index contributed by atoms with van der Waals surface area (Å²) < 4.78 is 39.0. The summed E-state index contributed by atoms with van der Waals surface area (Å²) in [4.78, 5) is 14.6. The van der Waals surface area contributed by atoms with Crippen LogP contribution in [0.4, 0.5) is 0 Å². The van der Waals surface area contributed by atoms with Crippen molar-refractivity contribution in [1.82, 2.24) is 24.2 Å². The SMILES string of the molecule is COC(=O)C1CN(C2CC2)CCS(=O)(=O)N1Cc1cn(Cc2ccc(OC)cc2)nn1. The van der Waals surface area contributed by atoms with Gasteiger partial charge in [0.05, 0.1) is 45.0 Å². The standard InChI is InChI=1S/C20H27N5O5S/c1-29-18-7-3-15(4-8-18)11-24-12-16(21-22-24)13-25-19(20(26)30-2)14-23(17-5-6-17)9-10-31(25,27)28/h3-4,7-8,12,17,19H,5-6,9-11,13-14H2,1-2H3. The Morgan fingerprint density at radius 3 is 2.55 bits per heavy atom. The molecule has 1 saturated carbocycles. The van der Waals surface area contributed by atoms with E-state index in [9.17, 15) is 13.2 Å². The van der Waals surface area contributed by atoms with Crippen LogP contribution >= 0.6 is 0 Å². The zero-order chi connectivity index (χ0) is 22.0. The number of nitrogens with zero attached hydrogens (tertiary/aromatic N) is 5. The topological polar surface area (TPSA) is 107 Å². The van der Waals surface area contributed by atoms with Crippen molar-refractivity contribution >= 4 is 16.0 Å². The van der Waals surface area contributed by atoms with Gasteiger partial charge in [0.2, 0.25) is 10.0 Å². The number of aromatic nitrogens is 3. The van der Waals surface area contributed by atoms with Gasteiger partial charge in [-0.05, 0) is 30.5 Å². The second-order valence-corrected chi connectivity index (χ2v) is 9.92. The van der Waals surface area contributed by atoms with Crippen molar-refractivity contribution in [2.24, 2.45) is 0 Å². The third kappa shape index (κ3) is 5.05. The zero-order valence-corrected chi connectivity index (χ0v) is 18.5. The fourth-order valence-electron chi connectivity index (χ4n) is 3.82. The summed E-state index contributed by atoms with van der Waals surface area (Å²) in [7, 11) is -0.764. The molecule has 0 spiro atoms. The Kier molecular flexibility index (Phi) is 6.26. The fourth-order valence-corrected chi connectivity index (χ4v) is 5.39. The van der Waals surface area contributed by atoms with E-state index in [2.05, 4.69) is 15.2 Å². The Morgan fingerprint density at radius 1 is 1.16 bits per heavy atom. The summed E-state index contributed by atoms with van der Waals surface area (Å²) in [6.07, 6.45) is 3.78. The van der Waals surface area contributed by atoms with Crippen molar-refractivity contribution in [3.05, 3.63) is 41.7 Å². The maximum absolute atomic E-state index is 13.0. The molecule has 0 bridgehead atoms. The number of rotatable bonds is 7. The lowest BCUT2D eigenvalue weighted by Crippen LogP contribution is -2.48. The average Bonchev–Trinajstić information content (AvgIpc) is 3.53. The minimum Gasteiger partial charge on any atom is -0.497 e. The highest BCUT2D eigenvalue weighted by Gasteiger charge is 2.43. The molecule has 1 aromatic carbocycles. The molecule has 2 fully saturated rings. The van der Waals surface area contributed by atoms with Crippen LogP contribution in [0.2, 0.25) is 0 Å². The number of hydrogen-bond acceptors (Lipinski definition) is 8. The van der Waals surface area contributed by atoms with Crippen molar-refractivity contribution in [2.45, 2.75) is 38.0 Å². The third-order valence-electron chi connectivity index (χ3n) is 5.69. The normalized spacial score (nSPS) is 22.1. The van der Waals surface area contributed by atoms with E-state index in [1.807, 2.05) is 24.3 Å². The molecule has 1 atom stereocenters. The van der Waals surface area contributed by atoms with Crippen LogP contribution in [-0.4, -0.2) is 83.7 Å². The second-order valence-electron chi connectivity index (χ2n) is 7.88. The van der Waals surface area contributed by atoms with Crippen molar-refractivity contribution in [1.29, 1.82) is 0 Å². The lowest BCUT2D eigenvalue weighted by Gasteiger charge is -2.27. The Hall–Kier alpha value is -2.50. The molecule has 2 aliphatic rings. The number of esters is 1. The first-order valence-corrected chi connectivity index (χ1v) is 11.8. The lowest BCUT2D eigenvalue weighted by atomic mass is 10.2. The number of sulfonamides is 1. The van der Waals surface area contributed by atoms with Gasteiger partial charge in [0.25, 0.3) is 0 Å². The molecule has 10 nitrogen and oxygen atoms in total. The number of carbonyl (C=O) groups excluding carboxylic acids is 1. The summed E-state index contributed by atoms with van der Waals surface area (Å²) in [5.74, 6) is 0.182. The van der Waals surface area contributed by atoms with Crippen molar-refractivity contribution in [3.63, 3.8) is 0 Å². The van der Waals surface area contributed by atoms with E-state index < -0.39 is 22.0 Å². The summed E-state index contributed by atoms with van der Waals surface area (Å²) in [6.45, 7) is 1.21. The lowest BCUT2D eigenvalue weighted by molar-refractivity contribution is -0.145. The van der Waals surface area contributed by atoms with Crippen molar-refractivity contribution in [3.8, 4) is 5.75 Å². The fraction of sp³-hybridized carbons (Fsp3) is 0.550. The number of benzene rings is 1. The van der Waals surface area contributed by atoms with Crippen LogP contribution in [0.15, 0.2) is 30.5 Å². The number of ether oxygens (including phenoxy) is 2. The van der Waals surface area contributed by atoms with Gasteiger partial charge in [-0.25, -0.2) is 13.1 Å². The minimum absolute atomic E-state index is 0.0246. The molecular formula is C20H27N5O5S. The van der Waals surface area contributed by atoms with E-state index in [-0.39, 0.29) is 12.3 Å². The third-order valence-corrected chi connectivity index (χ3v) is 7.49. The molecule has 1 aliphatic heterocycles. The highest BCUT2D eigenvalue weighted by atomic mass is 32.2. The molecule has 0 radical (unpaired) electrons. The van der Waals surface area contributed by atoms with Crippen LogP contribution in [0.5, 0.6) is 5.75 Å². The first kappa shape index (κ1) is 21.7. The molecular weight excluding hydrogens is 422 g/mol. The number of hydrogen-bond donors (Lipinski definition) is 0. The van der Waals surface area contributed by atoms with E-state index in [0.717, 1.165) is 24.2 Å². The average molecular weight is 450 g/mol. The van der Waals surface area contributed by atoms with Gasteiger partial charge in [0, 0.05) is 19.1 Å². The summed E-state index contributed by atoms with van der Waals surface area (Å²) in [5, 5.41) is 8.26. The molecule has 1 unspecified atom stereocenters. The van der Waals surface area contributed by atoms with Gasteiger partial charge in [0.15, 0.2) is 0 Å². The van der Waals surface area contributed by atoms with Gasteiger partial charge in [0.1, 0.15) is 11.8 Å². The Morgan fingerprint density at radius 2 is 1.90 bits per heavy atom. The van der Waals surface area contributed by atoms with Gasteiger partial charge in [-0.1, -0.05) is 17.3 Å². The van der Waals surface area contributed by atoms with Gasteiger partial charge in [-0.3, -0.25) is 9.69 Å². The molecule has 31 heavy (non-hydrogen) atoms. The molecule has 11 heteroatoms. The molecule has 0 amide bonds. The zero-order valence-electron chi connectivity index (χ0n) is 17.7. The largest absolute Gasteiger partial charge is 0.497 e. The minimum atomic E-state index is -3.66. The molecule has 1 aliphatic carbocycles. The summed E-state index contributed by atoms with van der Waals surface area (Å²) in [5.41, 5.74) is 1.48. The monoisotopic (exact) mass is 449 g/mol. The number of carbonyl (C=O) groups is 1. The molecule has 0 N–H and O–H groups in total. The highest BCUT2D eigenvalue weighted by molar-refractivity contribution is 7.89. The van der Waals surface area contributed by atoms with Crippen molar-refractivity contribution in [2.75, 3.05) is 33.1 Å². The molecule has 168 valence electrons. The summed E-state index contributed by atoms with van der Waals surface area (Å²) in [6, 6.07) is 7.04. The van der Waals surface area contributed by atoms with E-state index >= 15 is 0 Å². The maximum atomic E-state index is 13.0. The molecule has 1 saturated heterocycles. The molecule has 2 heterocycles. The van der Waals surface area contributed by atoms with Crippen LogP contribution in [0, 0.1) is 0 Å². The molecule has 2 aromatic rings. The van der Waals surface area contributed by atoms with E-state index in [0.29, 0.717) is 31.4 Å². The molecule has 1 aromatic heterocycles. The van der Waals surface area contributed by atoms with E-state index in [1.165, 1.54) is 11.4 Å². The van der Waals surface area contributed by atoms with E-state index in [4.69, 9.17) is 9.47 Å². The van der Waals surface area contributed by atoms with Crippen molar-refractivity contribution < 1.29 is 22.7 Å². The predicted octanol–water partition coefficient (Wildman–Crippen LogP) is 0.486. The Labute approximate surface area is 181 Å². The quantitative estimate of drug-likeness (QED) is 0.562.